The van der Waals surface area contributed by atoms with Crippen LogP contribution in [0.3, 0.4) is 0 Å². The van der Waals surface area contributed by atoms with Crippen molar-refractivity contribution in [1.82, 2.24) is 19.8 Å². The molecule has 1 aromatic carbocycles. The molecule has 0 aliphatic rings. The molecule has 2 heterocycles. The van der Waals surface area contributed by atoms with Crippen molar-refractivity contribution in [3.05, 3.63) is 65.6 Å². The van der Waals surface area contributed by atoms with E-state index < -0.39 is 0 Å². The molecule has 1 amide bonds. The molecule has 2 aromatic heterocycles. The van der Waals surface area contributed by atoms with Crippen LogP contribution in [0.15, 0.2) is 48.7 Å². The van der Waals surface area contributed by atoms with Crippen LogP contribution in [0.4, 0.5) is 0 Å². The lowest BCUT2D eigenvalue weighted by molar-refractivity contribution is 0.0953. The first kappa shape index (κ1) is 14.1. The highest BCUT2D eigenvalue weighted by atomic mass is 16.2. The first-order valence-electron chi connectivity index (χ1n) is 6.93. The molecule has 0 unspecified atom stereocenters. The fraction of sp³-hybridized carbons (Fsp3) is 0.125. The summed E-state index contributed by atoms with van der Waals surface area (Å²) in [5.74, 6) is 5.61. The van der Waals surface area contributed by atoms with Gasteiger partial charge in [0.25, 0.3) is 5.91 Å². The molecule has 0 aliphatic carbocycles. The first-order valence-corrected chi connectivity index (χ1v) is 6.93. The SMILES string of the molecule is Cc1ccc(C)n1-c1c(C(=O)NN)cnn1-c1ccccc1. The minimum atomic E-state index is -0.371. The largest absolute Gasteiger partial charge is 0.302 e. The second-order valence-corrected chi connectivity index (χ2v) is 5.05. The average Bonchev–Trinajstić information content (AvgIpc) is 3.10. The summed E-state index contributed by atoms with van der Waals surface area (Å²) in [5.41, 5.74) is 5.51. The van der Waals surface area contributed by atoms with Crippen molar-refractivity contribution in [2.75, 3.05) is 0 Å². The van der Waals surface area contributed by atoms with E-state index in [0.29, 0.717) is 11.4 Å². The van der Waals surface area contributed by atoms with Crippen LogP contribution in [0.2, 0.25) is 0 Å². The van der Waals surface area contributed by atoms with Crippen LogP contribution in [0.25, 0.3) is 11.5 Å². The number of nitrogen functional groups attached to an aromatic ring is 1. The van der Waals surface area contributed by atoms with Crippen LogP contribution in [-0.2, 0) is 0 Å². The Balaban J connectivity index is 2.30. The zero-order valence-corrected chi connectivity index (χ0v) is 12.4. The van der Waals surface area contributed by atoms with Crippen LogP contribution in [0.5, 0.6) is 0 Å². The Labute approximate surface area is 128 Å². The van der Waals surface area contributed by atoms with E-state index in [9.17, 15) is 4.79 Å². The van der Waals surface area contributed by atoms with Gasteiger partial charge in [0.15, 0.2) is 5.82 Å². The molecular weight excluding hydrogens is 278 g/mol. The van der Waals surface area contributed by atoms with Gasteiger partial charge in [-0.3, -0.25) is 10.2 Å². The zero-order valence-electron chi connectivity index (χ0n) is 12.4. The number of nitrogens with zero attached hydrogens (tertiary/aromatic N) is 3. The highest BCUT2D eigenvalue weighted by molar-refractivity contribution is 5.97. The van der Waals surface area contributed by atoms with E-state index in [2.05, 4.69) is 10.5 Å². The topological polar surface area (TPSA) is 77.9 Å². The van der Waals surface area contributed by atoms with Crippen molar-refractivity contribution in [2.24, 2.45) is 5.84 Å². The number of hydrogen-bond donors (Lipinski definition) is 2. The van der Waals surface area contributed by atoms with Crippen LogP contribution in [0, 0.1) is 13.8 Å². The maximum atomic E-state index is 12.1. The molecule has 6 heteroatoms. The zero-order chi connectivity index (χ0) is 15.7. The quantitative estimate of drug-likeness (QED) is 0.440. The maximum Gasteiger partial charge on any atom is 0.270 e. The van der Waals surface area contributed by atoms with E-state index in [-0.39, 0.29) is 5.91 Å². The predicted octanol–water partition coefficient (Wildman–Crippen LogP) is 1.88. The minimum absolute atomic E-state index is 0.371. The van der Waals surface area contributed by atoms with Crippen LogP contribution in [0.1, 0.15) is 21.7 Å². The summed E-state index contributed by atoms with van der Waals surface area (Å²) in [6.07, 6.45) is 1.53. The molecular formula is C16H17N5O. The molecule has 6 nitrogen and oxygen atoms in total. The number of hydrazine groups is 1. The van der Waals surface area contributed by atoms with Crippen molar-refractivity contribution in [3.63, 3.8) is 0 Å². The highest BCUT2D eigenvalue weighted by Crippen LogP contribution is 2.23. The Bertz CT molecular complexity index is 797. The Morgan fingerprint density at radius 3 is 2.32 bits per heavy atom. The number of carbonyl (C=O) groups is 1. The molecule has 0 atom stereocenters. The summed E-state index contributed by atoms with van der Waals surface area (Å²) in [7, 11) is 0. The molecule has 0 saturated carbocycles. The fourth-order valence-corrected chi connectivity index (χ4v) is 2.56. The lowest BCUT2D eigenvalue weighted by Crippen LogP contribution is -2.30. The van der Waals surface area contributed by atoms with Gasteiger partial charge in [0, 0.05) is 11.4 Å². The second kappa shape index (κ2) is 5.50. The molecule has 3 N–H and O–H groups in total. The van der Waals surface area contributed by atoms with Crippen LogP contribution in [-0.4, -0.2) is 20.3 Å². The summed E-state index contributed by atoms with van der Waals surface area (Å²) in [4.78, 5) is 12.1. The number of carbonyl (C=O) groups excluding carboxylic acids is 1. The first-order chi connectivity index (χ1) is 10.6. The highest BCUT2D eigenvalue weighted by Gasteiger charge is 2.21. The average molecular weight is 295 g/mol. The van der Waals surface area contributed by atoms with Gasteiger partial charge < -0.3 is 4.57 Å². The van der Waals surface area contributed by atoms with Gasteiger partial charge in [0.2, 0.25) is 0 Å². The third-order valence-electron chi connectivity index (χ3n) is 3.60. The van der Waals surface area contributed by atoms with Gasteiger partial charge in [0.1, 0.15) is 5.56 Å². The summed E-state index contributed by atoms with van der Waals surface area (Å²) >= 11 is 0. The molecule has 0 aliphatic heterocycles. The molecule has 0 spiro atoms. The Hall–Kier alpha value is -2.86. The second-order valence-electron chi connectivity index (χ2n) is 5.05. The number of amides is 1. The number of nitrogens with two attached hydrogens (primary N) is 1. The lowest BCUT2D eigenvalue weighted by atomic mass is 10.2. The molecule has 22 heavy (non-hydrogen) atoms. The van der Waals surface area contributed by atoms with Gasteiger partial charge in [0.05, 0.1) is 11.9 Å². The van der Waals surface area contributed by atoms with Crippen LogP contribution >= 0.6 is 0 Å². The van der Waals surface area contributed by atoms with E-state index in [1.807, 2.05) is 60.9 Å². The summed E-state index contributed by atoms with van der Waals surface area (Å²) < 4.78 is 3.73. The van der Waals surface area contributed by atoms with Crippen molar-refractivity contribution in [1.29, 1.82) is 0 Å². The Morgan fingerprint density at radius 2 is 1.73 bits per heavy atom. The fourth-order valence-electron chi connectivity index (χ4n) is 2.56. The number of benzene rings is 1. The maximum absolute atomic E-state index is 12.1. The predicted molar refractivity (Wildman–Crippen MR) is 84.0 cm³/mol. The minimum Gasteiger partial charge on any atom is -0.302 e. The number of para-hydroxylation sites is 1. The monoisotopic (exact) mass is 295 g/mol. The number of rotatable bonds is 3. The summed E-state index contributed by atoms with van der Waals surface area (Å²) in [6.45, 7) is 3.97. The van der Waals surface area contributed by atoms with Gasteiger partial charge in [-0.1, -0.05) is 18.2 Å². The van der Waals surface area contributed by atoms with Gasteiger partial charge in [-0.15, -0.1) is 0 Å². The van der Waals surface area contributed by atoms with Gasteiger partial charge in [-0.25, -0.2) is 10.5 Å². The van der Waals surface area contributed by atoms with Gasteiger partial charge in [-0.05, 0) is 38.1 Å². The third kappa shape index (κ3) is 2.19. The number of aryl methyl sites for hydroxylation is 2. The summed E-state index contributed by atoms with van der Waals surface area (Å²) in [5, 5.41) is 4.37. The summed E-state index contributed by atoms with van der Waals surface area (Å²) in [6, 6.07) is 13.7. The van der Waals surface area contributed by atoms with Gasteiger partial charge in [-0.2, -0.15) is 5.10 Å². The van der Waals surface area contributed by atoms with Crippen molar-refractivity contribution >= 4 is 5.91 Å². The van der Waals surface area contributed by atoms with E-state index in [1.165, 1.54) is 6.20 Å². The molecule has 0 bridgehead atoms. The molecule has 3 aromatic rings. The van der Waals surface area contributed by atoms with E-state index in [1.54, 1.807) is 4.68 Å². The van der Waals surface area contributed by atoms with Crippen molar-refractivity contribution < 1.29 is 4.79 Å². The molecule has 3 rings (SSSR count). The van der Waals surface area contributed by atoms with Crippen molar-refractivity contribution in [3.8, 4) is 11.5 Å². The van der Waals surface area contributed by atoms with Crippen molar-refractivity contribution in [2.45, 2.75) is 13.8 Å². The standard InChI is InChI=1S/C16H17N5O/c1-11-8-9-12(2)20(11)16-14(15(22)19-17)10-18-21(16)13-6-4-3-5-7-13/h3-10H,17H2,1-2H3,(H,19,22). The normalized spacial score (nSPS) is 10.7. The van der Waals surface area contributed by atoms with E-state index in [4.69, 9.17) is 5.84 Å². The van der Waals surface area contributed by atoms with Gasteiger partial charge >= 0.3 is 0 Å². The lowest BCUT2D eigenvalue weighted by Gasteiger charge is -2.14. The number of nitrogens with one attached hydrogen (secondary N) is 1. The smallest absolute Gasteiger partial charge is 0.270 e. The number of aromatic nitrogens is 3. The Morgan fingerprint density at radius 1 is 1.09 bits per heavy atom. The molecule has 0 saturated heterocycles. The number of hydrogen-bond acceptors (Lipinski definition) is 3. The van der Waals surface area contributed by atoms with E-state index >= 15 is 0 Å². The van der Waals surface area contributed by atoms with Crippen LogP contribution < -0.4 is 11.3 Å². The molecule has 0 fully saturated rings. The third-order valence-corrected chi connectivity index (χ3v) is 3.60. The molecule has 112 valence electrons. The molecule has 0 radical (unpaired) electrons. The Kier molecular flexibility index (Phi) is 3.52. The van der Waals surface area contributed by atoms with E-state index in [0.717, 1.165) is 17.1 Å².